The van der Waals surface area contributed by atoms with Crippen LogP contribution in [0.5, 0.6) is 0 Å². The average molecular weight is 172 g/mol. The maximum atomic E-state index is 10.3. The predicted molar refractivity (Wildman–Crippen MR) is 43.8 cm³/mol. The lowest BCUT2D eigenvalue weighted by molar-refractivity contribution is 0.247. The van der Waals surface area contributed by atoms with Crippen LogP contribution in [-0.2, 0) is 0 Å². The summed E-state index contributed by atoms with van der Waals surface area (Å²) in [7, 11) is 0. The van der Waals surface area contributed by atoms with Crippen LogP contribution < -0.4 is 22.1 Å². The van der Waals surface area contributed by atoms with Crippen molar-refractivity contribution in [3.63, 3.8) is 0 Å². The molecule has 0 bridgehead atoms. The van der Waals surface area contributed by atoms with Gasteiger partial charge in [-0.15, -0.1) is 0 Å². The summed E-state index contributed by atoms with van der Waals surface area (Å²) in [6.07, 6.45) is 2.23. The molecule has 0 aromatic heterocycles. The number of nitrogens with one attached hydrogen (secondary N) is 2. The number of rotatable bonds is 3. The molecule has 0 aliphatic rings. The fourth-order valence-electron chi connectivity index (χ4n) is 0.603. The van der Waals surface area contributed by atoms with E-state index in [-0.39, 0.29) is 5.82 Å². The van der Waals surface area contributed by atoms with Crippen molar-refractivity contribution in [1.82, 2.24) is 10.6 Å². The molecular weight excluding hydrogens is 160 g/mol. The first-order valence-corrected chi connectivity index (χ1v) is 3.39. The first-order valence-electron chi connectivity index (χ1n) is 3.39. The van der Waals surface area contributed by atoms with E-state index in [4.69, 9.17) is 11.5 Å². The van der Waals surface area contributed by atoms with Gasteiger partial charge < -0.3 is 11.5 Å². The van der Waals surface area contributed by atoms with Gasteiger partial charge in [0.1, 0.15) is 5.82 Å². The van der Waals surface area contributed by atoms with Crippen molar-refractivity contribution in [1.29, 1.82) is 0 Å². The highest BCUT2D eigenvalue weighted by Gasteiger charge is 2.00. The Kier molecular flexibility index (Phi) is 4.28. The van der Waals surface area contributed by atoms with Crippen LogP contribution in [0.4, 0.5) is 9.59 Å². The minimum Gasteiger partial charge on any atom is -0.351 e. The number of hydrogen-bond donors (Lipinski definition) is 4. The van der Waals surface area contributed by atoms with Gasteiger partial charge in [-0.2, -0.15) is 0 Å². The van der Waals surface area contributed by atoms with Gasteiger partial charge in [0.15, 0.2) is 0 Å². The maximum Gasteiger partial charge on any atom is 0.317 e. The molecule has 0 saturated heterocycles. The van der Waals surface area contributed by atoms with Crippen LogP contribution in [0.15, 0.2) is 11.9 Å². The van der Waals surface area contributed by atoms with Crippen LogP contribution in [-0.4, -0.2) is 12.1 Å². The molecule has 0 fully saturated rings. The molecule has 0 aromatic carbocycles. The standard InChI is InChI=1S/C6H12N4O2/c1-2-3-4(9-5(7)11)10-6(8)12/h3H,2H2,1H3,(H3,7,9,11)(H3,8,10,12). The largest absolute Gasteiger partial charge is 0.351 e. The van der Waals surface area contributed by atoms with Gasteiger partial charge in [0.25, 0.3) is 0 Å². The number of carbonyl (C=O) groups is 2. The van der Waals surface area contributed by atoms with Gasteiger partial charge in [0, 0.05) is 0 Å². The molecule has 68 valence electrons. The van der Waals surface area contributed by atoms with Crippen LogP contribution in [0.1, 0.15) is 13.3 Å². The zero-order valence-corrected chi connectivity index (χ0v) is 6.76. The Bertz CT molecular complexity index is 194. The zero-order valence-electron chi connectivity index (χ0n) is 6.76. The summed E-state index contributed by atoms with van der Waals surface area (Å²) < 4.78 is 0. The number of nitrogens with two attached hydrogens (primary N) is 2. The molecule has 0 unspecified atom stereocenters. The molecule has 0 spiro atoms. The fraction of sp³-hybridized carbons (Fsp3) is 0.333. The molecule has 0 aliphatic heterocycles. The maximum absolute atomic E-state index is 10.3. The van der Waals surface area contributed by atoms with E-state index in [1.165, 1.54) is 0 Å². The van der Waals surface area contributed by atoms with Crippen molar-refractivity contribution >= 4 is 12.1 Å². The van der Waals surface area contributed by atoms with Gasteiger partial charge >= 0.3 is 12.1 Å². The summed E-state index contributed by atoms with van der Waals surface area (Å²) in [5.74, 6) is 0.206. The molecule has 12 heavy (non-hydrogen) atoms. The van der Waals surface area contributed by atoms with Crippen LogP contribution in [0.2, 0.25) is 0 Å². The summed E-state index contributed by atoms with van der Waals surface area (Å²) in [5, 5.41) is 4.40. The number of urea groups is 2. The van der Waals surface area contributed by atoms with Crippen molar-refractivity contribution in [2.75, 3.05) is 0 Å². The predicted octanol–water partition coefficient (Wildman–Crippen LogP) is -0.426. The molecule has 0 aromatic rings. The van der Waals surface area contributed by atoms with E-state index in [9.17, 15) is 9.59 Å². The number of primary amides is 2. The molecule has 4 amide bonds. The third kappa shape index (κ3) is 5.10. The second-order valence-corrected chi connectivity index (χ2v) is 2.00. The Morgan fingerprint density at radius 3 is 1.92 bits per heavy atom. The van der Waals surface area contributed by atoms with Gasteiger partial charge in [-0.05, 0) is 12.5 Å². The Hall–Kier alpha value is -1.72. The minimum absolute atomic E-state index is 0.206. The molecule has 0 atom stereocenters. The Balaban J connectivity index is 4.14. The van der Waals surface area contributed by atoms with E-state index >= 15 is 0 Å². The highest BCUT2D eigenvalue weighted by Crippen LogP contribution is 1.86. The summed E-state index contributed by atoms with van der Waals surface area (Å²) in [6.45, 7) is 1.84. The number of carbonyl (C=O) groups excluding carboxylic acids is 2. The molecule has 0 saturated carbocycles. The topological polar surface area (TPSA) is 110 Å². The van der Waals surface area contributed by atoms with Crippen molar-refractivity contribution in [3.8, 4) is 0 Å². The van der Waals surface area contributed by atoms with Crippen LogP contribution >= 0.6 is 0 Å². The molecule has 0 radical (unpaired) electrons. The van der Waals surface area contributed by atoms with E-state index in [0.29, 0.717) is 6.42 Å². The Morgan fingerprint density at radius 1 is 1.25 bits per heavy atom. The number of hydrogen-bond acceptors (Lipinski definition) is 2. The van der Waals surface area contributed by atoms with Crippen molar-refractivity contribution in [3.05, 3.63) is 11.9 Å². The first-order chi connectivity index (χ1) is 5.56. The summed E-state index contributed by atoms with van der Waals surface area (Å²) in [4.78, 5) is 20.7. The third-order valence-electron chi connectivity index (χ3n) is 0.924. The van der Waals surface area contributed by atoms with Gasteiger partial charge in [0.2, 0.25) is 0 Å². The minimum atomic E-state index is -0.747. The lowest BCUT2D eigenvalue weighted by atomic mass is 10.4. The van der Waals surface area contributed by atoms with E-state index in [0.717, 1.165) is 0 Å². The number of amides is 4. The van der Waals surface area contributed by atoms with Crippen LogP contribution in [0, 0.1) is 0 Å². The van der Waals surface area contributed by atoms with Crippen LogP contribution in [0.25, 0.3) is 0 Å². The van der Waals surface area contributed by atoms with E-state index in [2.05, 4.69) is 10.6 Å². The first kappa shape index (κ1) is 10.3. The molecule has 6 nitrogen and oxygen atoms in total. The molecule has 0 rings (SSSR count). The quantitative estimate of drug-likeness (QED) is 0.463. The van der Waals surface area contributed by atoms with E-state index in [1.54, 1.807) is 6.08 Å². The number of allylic oxidation sites excluding steroid dienone is 1. The zero-order chi connectivity index (χ0) is 9.56. The summed E-state index contributed by atoms with van der Waals surface area (Å²) in [6, 6.07) is -1.49. The van der Waals surface area contributed by atoms with E-state index < -0.39 is 12.1 Å². The smallest absolute Gasteiger partial charge is 0.317 e. The van der Waals surface area contributed by atoms with Crippen molar-refractivity contribution in [2.24, 2.45) is 11.5 Å². The molecule has 6 heteroatoms. The monoisotopic (exact) mass is 172 g/mol. The van der Waals surface area contributed by atoms with Gasteiger partial charge in [0.05, 0.1) is 0 Å². The van der Waals surface area contributed by atoms with Gasteiger partial charge in [-0.1, -0.05) is 6.92 Å². The SMILES string of the molecule is CCC=C(NC(N)=O)NC(N)=O. The normalized spacial score (nSPS) is 8.42. The molecular formula is C6H12N4O2. The average Bonchev–Trinajstić information content (AvgIpc) is 1.84. The lowest BCUT2D eigenvalue weighted by Crippen LogP contribution is -2.39. The van der Waals surface area contributed by atoms with Crippen molar-refractivity contribution < 1.29 is 9.59 Å². The second-order valence-electron chi connectivity index (χ2n) is 2.00. The molecule has 0 heterocycles. The highest BCUT2D eigenvalue weighted by atomic mass is 16.2. The Labute approximate surface area is 70.0 Å². The van der Waals surface area contributed by atoms with E-state index in [1.807, 2.05) is 6.92 Å². The van der Waals surface area contributed by atoms with Crippen LogP contribution in [0.3, 0.4) is 0 Å². The lowest BCUT2D eigenvalue weighted by Gasteiger charge is -2.06. The Morgan fingerprint density at radius 2 is 1.67 bits per heavy atom. The van der Waals surface area contributed by atoms with Crippen molar-refractivity contribution in [2.45, 2.75) is 13.3 Å². The van der Waals surface area contributed by atoms with Gasteiger partial charge in [-0.3, -0.25) is 10.6 Å². The molecule has 0 aliphatic carbocycles. The molecule has 6 N–H and O–H groups in total. The summed E-state index contributed by atoms with van der Waals surface area (Å²) >= 11 is 0. The van der Waals surface area contributed by atoms with Gasteiger partial charge in [-0.25, -0.2) is 9.59 Å². The highest BCUT2D eigenvalue weighted by molar-refractivity contribution is 5.77. The second kappa shape index (κ2) is 5.00. The summed E-state index contributed by atoms with van der Waals surface area (Å²) in [5.41, 5.74) is 9.63. The third-order valence-corrected chi connectivity index (χ3v) is 0.924. The fourth-order valence-corrected chi connectivity index (χ4v) is 0.603.